The molecule has 0 saturated carbocycles. The van der Waals surface area contributed by atoms with Crippen LogP contribution in [0.15, 0.2) is 30.9 Å². The maximum absolute atomic E-state index is 12.4. The lowest BCUT2D eigenvalue weighted by Crippen LogP contribution is -2.47. The summed E-state index contributed by atoms with van der Waals surface area (Å²) in [6, 6.07) is 3.84. The van der Waals surface area contributed by atoms with Crippen molar-refractivity contribution in [3.8, 4) is 0 Å². The van der Waals surface area contributed by atoms with Crippen molar-refractivity contribution in [3.63, 3.8) is 0 Å². The van der Waals surface area contributed by atoms with E-state index < -0.39 is 22.6 Å². The highest BCUT2D eigenvalue weighted by Gasteiger charge is 2.29. The molecule has 1 amide bonds. The first-order valence-electron chi connectivity index (χ1n) is 7.73. The molecular formula is C17H23N3O6. The van der Waals surface area contributed by atoms with Crippen molar-refractivity contribution < 1.29 is 24.0 Å². The van der Waals surface area contributed by atoms with Crippen LogP contribution in [-0.2, 0) is 9.47 Å². The molecule has 26 heavy (non-hydrogen) atoms. The normalized spacial score (nSPS) is 10.7. The summed E-state index contributed by atoms with van der Waals surface area (Å²) >= 11 is 0. The number of carbonyl (C=O) groups is 2. The minimum absolute atomic E-state index is 0.0314. The molecule has 1 aromatic carbocycles. The van der Waals surface area contributed by atoms with Gasteiger partial charge < -0.3 is 9.47 Å². The summed E-state index contributed by atoms with van der Waals surface area (Å²) in [7, 11) is 2.66. The van der Waals surface area contributed by atoms with E-state index >= 15 is 0 Å². The zero-order chi connectivity index (χ0) is 20.1. The Bertz CT molecular complexity index is 711. The maximum Gasteiger partial charge on any atom is 0.429 e. The van der Waals surface area contributed by atoms with Gasteiger partial charge in [0.1, 0.15) is 11.3 Å². The van der Waals surface area contributed by atoms with Crippen molar-refractivity contribution >= 4 is 23.4 Å². The van der Waals surface area contributed by atoms with Gasteiger partial charge in [-0.05, 0) is 32.9 Å². The number of hydrogen-bond donors (Lipinski definition) is 0. The molecule has 0 bridgehead atoms. The number of benzene rings is 1. The quantitative estimate of drug-likeness (QED) is 0.330. The second kappa shape index (κ2) is 8.32. The fourth-order valence-electron chi connectivity index (χ4n) is 2.07. The molecule has 0 aliphatic rings. The van der Waals surface area contributed by atoms with Gasteiger partial charge in [-0.3, -0.25) is 15.1 Å². The van der Waals surface area contributed by atoms with Crippen molar-refractivity contribution in [2.24, 2.45) is 0 Å². The van der Waals surface area contributed by atoms with Gasteiger partial charge in [0.2, 0.25) is 0 Å². The monoisotopic (exact) mass is 365 g/mol. The number of nitro groups is 1. The molecule has 0 aromatic heterocycles. The second-order valence-electron chi connectivity index (χ2n) is 6.33. The number of hydrogen-bond acceptors (Lipinski definition) is 7. The van der Waals surface area contributed by atoms with Crippen LogP contribution >= 0.6 is 0 Å². The van der Waals surface area contributed by atoms with Crippen molar-refractivity contribution in [1.82, 2.24) is 5.01 Å². The lowest BCUT2D eigenvalue weighted by molar-refractivity contribution is -0.384. The van der Waals surface area contributed by atoms with Gasteiger partial charge in [0.25, 0.3) is 5.69 Å². The Labute approximate surface area is 151 Å². The Balaban J connectivity index is 3.31. The molecule has 9 nitrogen and oxygen atoms in total. The van der Waals surface area contributed by atoms with E-state index in [4.69, 9.17) is 4.74 Å². The Morgan fingerprint density at radius 3 is 2.42 bits per heavy atom. The van der Waals surface area contributed by atoms with E-state index in [9.17, 15) is 19.7 Å². The fraction of sp³-hybridized carbons (Fsp3) is 0.412. The van der Waals surface area contributed by atoms with Crippen LogP contribution in [0, 0.1) is 10.1 Å². The van der Waals surface area contributed by atoms with E-state index in [1.165, 1.54) is 42.4 Å². The third kappa shape index (κ3) is 5.20. The Kier molecular flexibility index (Phi) is 6.71. The van der Waals surface area contributed by atoms with Crippen LogP contribution < -0.4 is 5.01 Å². The van der Waals surface area contributed by atoms with E-state index in [1.807, 2.05) is 0 Å². The van der Waals surface area contributed by atoms with Crippen LogP contribution in [0.3, 0.4) is 0 Å². The van der Waals surface area contributed by atoms with Crippen molar-refractivity contribution in [3.05, 3.63) is 46.5 Å². The van der Waals surface area contributed by atoms with Gasteiger partial charge in [-0.25, -0.2) is 14.6 Å². The smallest absolute Gasteiger partial charge is 0.429 e. The van der Waals surface area contributed by atoms with Crippen LogP contribution in [0.1, 0.15) is 31.1 Å². The summed E-state index contributed by atoms with van der Waals surface area (Å²) in [5.41, 5.74) is -0.954. The van der Waals surface area contributed by atoms with E-state index in [2.05, 4.69) is 11.3 Å². The van der Waals surface area contributed by atoms with Gasteiger partial charge in [0.05, 0.1) is 24.1 Å². The van der Waals surface area contributed by atoms with Crippen molar-refractivity contribution in [2.75, 3.05) is 25.7 Å². The molecule has 0 saturated heterocycles. The third-order valence-corrected chi connectivity index (χ3v) is 3.21. The predicted octanol–water partition coefficient (Wildman–Crippen LogP) is 3.16. The number of hydrazine groups is 1. The van der Waals surface area contributed by atoms with Crippen LogP contribution in [0.25, 0.3) is 0 Å². The fourth-order valence-corrected chi connectivity index (χ4v) is 2.07. The highest BCUT2D eigenvalue weighted by Crippen LogP contribution is 2.30. The Hall–Kier alpha value is -3.10. The second-order valence-corrected chi connectivity index (χ2v) is 6.33. The van der Waals surface area contributed by atoms with E-state index in [0.717, 1.165) is 6.07 Å². The molecule has 0 atom stereocenters. The van der Waals surface area contributed by atoms with Gasteiger partial charge in [0.15, 0.2) is 0 Å². The molecule has 0 aliphatic carbocycles. The Morgan fingerprint density at radius 1 is 1.35 bits per heavy atom. The largest absolute Gasteiger partial charge is 0.465 e. The zero-order valence-electron chi connectivity index (χ0n) is 15.5. The number of anilines is 1. The lowest BCUT2D eigenvalue weighted by atomic mass is 10.1. The molecule has 1 rings (SSSR count). The topological polar surface area (TPSA) is 102 Å². The minimum atomic E-state index is -0.738. The molecule has 0 heterocycles. The number of carbonyl (C=O) groups excluding carboxylic acids is 2. The summed E-state index contributed by atoms with van der Waals surface area (Å²) in [6.45, 7) is 8.80. The lowest BCUT2D eigenvalue weighted by Gasteiger charge is -2.33. The van der Waals surface area contributed by atoms with E-state index in [1.54, 1.807) is 20.8 Å². The van der Waals surface area contributed by atoms with E-state index in [0.29, 0.717) is 0 Å². The summed E-state index contributed by atoms with van der Waals surface area (Å²) in [4.78, 5) is 34.9. The molecule has 0 aliphatic heterocycles. The predicted molar refractivity (Wildman–Crippen MR) is 96.0 cm³/mol. The van der Waals surface area contributed by atoms with Crippen LogP contribution in [-0.4, -0.2) is 48.3 Å². The van der Waals surface area contributed by atoms with Gasteiger partial charge in [-0.2, -0.15) is 0 Å². The highest BCUT2D eigenvalue weighted by molar-refractivity contribution is 5.91. The molecule has 9 heteroatoms. The zero-order valence-corrected chi connectivity index (χ0v) is 15.5. The SMILES string of the molecule is C=CCN(C(=O)OC(C)(C)C)N(C)c1ccc(C(=O)OC)cc1[N+](=O)[O-]. The minimum Gasteiger partial charge on any atom is -0.465 e. The van der Waals surface area contributed by atoms with Crippen molar-refractivity contribution in [2.45, 2.75) is 26.4 Å². The summed E-state index contributed by atoms with van der Waals surface area (Å²) in [5.74, 6) is -0.697. The van der Waals surface area contributed by atoms with Gasteiger partial charge in [-0.15, -0.1) is 6.58 Å². The third-order valence-electron chi connectivity index (χ3n) is 3.21. The average Bonchev–Trinajstić information content (AvgIpc) is 2.56. The molecular weight excluding hydrogens is 342 g/mol. The number of methoxy groups -OCH3 is 1. The first-order valence-corrected chi connectivity index (χ1v) is 7.73. The Morgan fingerprint density at radius 2 is 1.96 bits per heavy atom. The molecule has 0 radical (unpaired) electrons. The molecule has 142 valence electrons. The van der Waals surface area contributed by atoms with Gasteiger partial charge in [0, 0.05) is 13.1 Å². The van der Waals surface area contributed by atoms with Crippen LogP contribution in [0.5, 0.6) is 0 Å². The maximum atomic E-state index is 12.4. The van der Waals surface area contributed by atoms with E-state index in [-0.39, 0.29) is 23.5 Å². The number of amides is 1. The van der Waals surface area contributed by atoms with Crippen LogP contribution in [0.4, 0.5) is 16.2 Å². The van der Waals surface area contributed by atoms with Gasteiger partial charge >= 0.3 is 12.1 Å². The standard InChI is InChI=1S/C17H23N3O6/c1-7-10-19(16(22)26-17(2,3)4)18(5)13-9-8-12(15(21)25-6)11-14(13)20(23)24/h7-9,11H,1,10H2,2-6H3. The molecule has 0 unspecified atom stereocenters. The molecule has 0 fully saturated rings. The number of esters is 1. The summed E-state index contributed by atoms with van der Waals surface area (Å²) in [5, 5.41) is 13.9. The van der Waals surface area contributed by atoms with Crippen LogP contribution in [0.2, 0.25) is 0 Å². The number of nitrogens with zero attached hydrogens (tertiary/aromatic N) is 3. The molecule has 0 N–H and O–H groups in total. The molecule has 0 spiro atoms. The number of ether oxygens (including phenoxy) is 2. The average molecular weight is 365 g/mol. The summed E-state index contributed by atoms with van der Waals surface area (Å²) < 4.78 is 9.91. The number of nitro benzene ring substituents is 1. The van der Waals surface area contributed by atoms with Gasteiger partial charge in [-0.1, -0.05) is 6.08 Å². The highest BCUT2D eigenvalue weighted by atomic mass is 16.6. The first-order chi connectivity index (χ1) is 12.0. The summed E-state index contributed by atoms with van der Waals surface area (Å²) in [6.07, 6.45) is 0.779. The molecule has 1 aromatic rings. The first kappa shape index (κ1) is 20.9. The van der Waals surface area contributed by atoms with Crippen molar-refractivity contribution in [1.29, 1.82) is 0 Å². The number of rotatable bonds is 6.